The molecule has 0 bridgehead atoms. The number of aliphatic hydroxyl groups is 1. The van der Waals surface area contributed by atoms with Crippen LogP contribution in [0.25, 0.3) is 0 Å². The van der Waals surface area contributed by atoms with E-state index in [1.807, 2.05) is 6.92 Å². The van der Waals surface area contributed by atoms with Gasteiger partial charge < -0.3 is 10.4 Å². The summed E-state index contributed by atoms with van der Waals surface area (Å²) in [7, 11) is 0. The highest BCUT2D eigenvalue weighted by atomic mass is 19.1. The van der Waals surface area contributed by atoms with Crippen LogP contribution in [0, 0.1) is 24.5 Å². The lowest BCUT2D eigenvalue weighted by molar-refractivity contribution is -0.120. The van der Waals surface area contributed by atoms with E-state index in [-0.39, 0.29) is 29.7 Å². The number of nitrogens with zero attached hydrogens (tertiary/aromatic N) is 2. The summed E-state index contributed by atoms with van der Waals surface area (Å²) >= 11 is 0. The van der Waals surface area contributed by atoms with Gasteiger partial charge in [-0.2, -0.15) is 5.10 Å². The molecule has 0 radical (unpaired) electrons. The Morgan fingerprint density at radius 1 is 1.40 bits per heavy atom. The molecule has 1 fully saturated rings. The molecule has 3 atom stereocenters. The van der Waals surface area contributed by atoms with Gasteiger partial charge in [0.2, 0.25) is 5.91 Å². The Morgan fingerprint density at radius 2 is 2.20 bits per heavy atom. The van der Waals surface area contributed by atoms with Crippen LogP contribution in [0.5, 0.6) is 0 Å². The zero-order chi connectivity index (χ0) is 18.0. The number of H-pyrrole nitrogens is 1. The molecule has 8 heteroatoms. The van der Waals surface area contributed by atoms with Crippen LogP contribution in [-0.4, -0.2) is 38.8 Å². The van der Waals surface area contributed by atoms with Gasteiger partial charge in [-0.15, -0.1) is 0 Å². The molecule has 25 heavy (non-hydrogen) atoms. The summed E-state index contributed by atoms with van der Waals surface area (Å²) in [5, 5.41) is 19.8. The monoisotopic (exact) mass is 350 g/mol. The van der Waals surface area contributed by atoms with E-state index in [2.05, 4.69) is 20.5 Å². The minimum atomic E-state index is -0.740. The fourth-order valence-corrected chi connectivity index (χ4v) is 3.22. The van der Waals surface area contributed by atoms with Crippen molar-refractivity contribution in [2.75, 3.05) is 6.54 Å². The number of halogens is 2. The number of amides is 1. The Bertz CT molecular complexity index is 765. The second kappa shape index (κ2) is 7.26. The first-order chi connectivity index (χ1) is 11.9. The van der Waals surface area contributed by atoms with E-state index in [1.165, 1.54) is 6.07 Å². The number of nitrogens with one attached hydrogen (secondary N) is 2. The Labute approximate surface area is 143 Å². The number of aromatic amines is 1. The highest BCUT2D eigenvalue weighted by Gasteiger charge is 2.35. The molecule has 134 valence electrons. The second-order valence-electron chi connectivity index (χ2n) is 6.49. The summed E-state index contributed by atoms with van der Waals surface area (Å²) in [6, 6.07) is 3.14. The quantitative estimate of drug-likeness (QED) is 0.764. The van der Waals surface area contributed by atoms with E-state index in [0.29, 0.717) is 25.2 Å². The van der Waals surface area contributed by atoms with E-state index in [4.69, 9.17) is 0 Å². The van der Waals surface area contributed by atoms with Gasteiger partial charge in [-0.25, -0.2) is 13.8 Å². The number of rotatable bonds is 5. The minimum Gasteiger partial charge on any atom is -0.393 e. The summed E-state index contributed by atoms with van der Waals surface area (Å²) < 4.78 is 26.5. The number of aryl methyl sites for hydroxylation is 1. The predicted molar refractivity (Wildman–Crippen MR) is 85.7 cm³/mol. The fraction of sp³-hybridized carbons (Fsp3) is 0.471. The number of benzene rings is 1. The molecule has 0 saturated heterocycles. The molecule has 1 unspecified atom stereocenters. The number of carbonyl (C=O) groups is 1. The highest BCUT2D eigenvalue weighted by Crippen LogP contribution is 2.36. The minimum absolute atomic E-state index is 0.0522. The van der Waals surface area contributed by atoms with E-state index in [0.717, 1.165) is 18.0 Å². The van der Waals surface area contributed by atoms with Gasteiger partial charge in [-0.05, 0) is 31.4 Å². The van der Waals surface area contributed by atoms with Gasteiger partial charge in [0, 0.05) is 24.4 Å². The first-order valence-corrected chi connectivity index (χ1v) is 8.20. The normalized spacial score (nSPS) is 23.0. The Balaban J connectivity index is 1.52. The lowest BCUT2D eigenvalue weighted by Gasteiger charge is -2.15. The molecule has 3 N–H and O–H groups in total. The average molecular weight is 350 g/mol. The summed E-state index contributed by atoms with van der Waals surface area (Å²) in [5.41, 5.74) is 0.139. The van der Waals surface area contributed by atoms with Gasteiger partial charge in [0.05, 0.1) is 12.5 Å². The predicted octanol–water partition coefficient (Wildman–Crippen LogP) is 1.60. The van der Waals surface area contributed by atoms with Crippen molar-refractivity contribution in [1.82, 2.24) is 20.5 Å². The lowest BCUT2D eigenvalue weighted by Crippen LogP contribution is -2.33. The van der Waals surface area contributed by atoms with E-state index < -0.39 is 17.7 Å². The van der Waals surface area contributed by atoms with Gasteiger partial charge >= 0.3 is 0 Å². The molecule has 3 rings (SSSR count). The van der Waals surface area contributed by atoms with E-state index >= 15 is 0 Å². The molecule has 1 amide bonds. The van der Waals surface area contributed by atoms with Gasteiger partial charge in [0.15, 0.2) is 5.82 Å². The fourth-order valence-electron chi connectivity index (χ4n) is 3.22. The van der Waals surface area contributed by atoms with Crippen LogP contribution in [0.2, 0.25) is 0 Å². The standard InChI is InChI=1S/C17H20F2N4O2/c1-9-21-17(23-22-9)11-4-12(15(24)5-11)8-20-16(25)6-10-2-3-13(18)7-14(10)19/h2-3,7,11-12,15,24H,4-6,8H2,1H3,(H,20,25)(H,21,22,23)/t11?,12-,15-/m1/s1. The molecule has 1 aromatic carbocycles. The van der Waals surface area contributed by atoms with Crippen molar-refractivity contribution in [3.8, 4) is 0 Å². The Morgan fingerprint density at radius 3 is 2.88 bits per heavy atom. The number of aromatic nitrogens is 3. The Hall–Kier alpha value is -2.35. The third kappa shape index (κ3) is 4.19. The first kappa shape index (κ1) is 17.5. The topological polar surface area (TPSA) is 90.9 Å². The SMILES string of the molecule is Cc1nc(C2C[C@H](CNC(=O)Cc3ccc(F)cc3F)[C@H](O)C2)n[nH]1. The molecule has 1 aliphatic carbocycles. The van der Waals surface area contributed by atoms with Crippen molar-refractivity contribution in [2.24, 2.45) is 5.92 Å². The van der Waals surface area contributed by atoms with Crippen molar-refractivity contribution >= 4 is 5.91 Å². The van der Waals surface area contributed by atoms with Gasteiger partial charge in [-0.1, -0.05) is 6.07 Å². The molecule has 0 aliphatic heterocycles. The molecule has 1 aliphatic rings. The first-order valence-electron chi connectivity index (χ1n) is 8.20. The molecule has 1 saturated carbocycles. The van der Waals surface area contributed by atoms with Crippen LogP contribution >= 0.6 is 0 Å². The number of hydrogen-bond donors (Lipinski definition) is 3. The van der Waals surface area contributed by atoms with Crippen molar-refractivity contribution in [3.63, 3.8) is 0 Å². The summed E-state index contributed by atoms with van der Waals surface area (Å²) in [6.45, 7) is 2.11. The molecular weight excluding hydrogens is 330 g/mol. The van der Waals surface area contributed by atoms with Crippen LogP contribution in [0.4, 0.5) is 8.78 Å². The maximum atomic E-state index is 13.6. The summed E-state index contributed by atoms with van der Waals surface area (Å²) in [6.07, 6.45) is 0.499. The maximum Gasteiger partial charge on any atom is 0.224 e. The van der Waals surface area contributed by atoms with Crippen LogP contribution in [0.3, 0.4) is 0 Å². The smallest absolute Gasteiger partial charge is 0.224 e. The van der Waals surface area contributed by atoms with Crippen LogP contribution in [0.1, 0.15) is 36.0 Å². The van der Waals surface area contributed by atoms with Crippen molar-refractivity contribution in [3.05, 3.63) is 47.0 Å². The average Bonchev–Trinajstić information content (AvgIpc) is 3.14. The van der Waals surface area contributed by atoms with Crippen molar-refractivity contribution < 1.29 is 18.7 Å². The van der Waals surface area contributed by atoms with Crippen LogP contribution < -0.4 is 5.32 Å². The molecule has 2 aromatic rings. The van der Waals surface area contributed by atoms with E-state index in [9.17, 15) is 18.7 Å². The number of hydrogen-bond acceptors (Lipinski definition) is 4. The largest absolute Gasteiger partial charge is 0.393 e. The van der Waals surface area contributed by atoms with Crippen LogP contribution in [-0.2, 0) is 11.2 Å². The van der Waals surface area contributed by atoms with Crippen molar-refractivity contribution in [1.29, 1.82) is 0 Å². The summed E-state index contributed by atoms with van der Waals surface area (Å²) in [5.74, 6) is -0.432. The maximum absolute atomic E-state index is 13.6. The van der Waals surface area contributed by atoms with Gasteiger partial charge in [0.25, 0.3) is 0 Å². The highest BCUT2D eigenvalue weighted by molar-refractivity contribution is 5.78. The van der Waals surface area contributed by atoms with Crippen molar-refractivity contribution in [2.45, 2.75) is 38.2 Å². The number of carbonyl (C=O) groups excluding carboxylic acids is 1. The zero-order valence-electron chi connectivity index (χ0n) is 13.8. The van der Waals surface area contributed by atoms with Crippen LogP contribution in [0.15, 0.2) is 18.2 Å². The molecular formula is C17H20F2N4O2. The summed E-state index contributed by atoms with van der Waals surface area (Å²) in [4.78, 5) is 16.3. The van der Waals surface area contributed by atoms with E-state index in [1.54, 1.807) is 0 Å². The number of aliphatic hydroxyl groups excluding tert-OH is 1. The molecule has 1 heterocycles. The third-order valence-electron chi connectivity index (χ3n) is 4.56. The Kier molecular flexibility index (Phi) is 5.08. The van der Waals surface area contributed by atoms with Gasteiger partial charge in [-0.3, -0.25) is 9.89 Å². The molecule has 6 nitrogen and oxygen atoms in total. The zero-order valence-corrected chi connectivity index (χ0v) is 13.8. The van der Waals surface area contributed by atoms with Gasteiger partial charge in [0.1, 0.15) is 17.5 Å². The third-order valence-corrected chi connectivity index (χ3v) is 4.56. The molecule has 1 aromatic heterocycles. The lowest BCUT2D eigenvalue weighted by atomic mass is 10.0. The molecule has 0 spiro atoms. The second-order valence-corrected chi connectivity index (χ2v) is 6.49.